The van der Waals surface area contributed by atoms with Crippen molar-refractivity contribution in [1.29, 1.82) is 0 Å². The van der Waals surface area contributed by atoms with Gasteiger partial charge in [-0.05, 0) is 30.0 Å². The van der Waals surface area contributed by atoms with Crippen molar-refractivity contribution in [3.8, 4) is 11.5 Å². The van der Waals surface area contributed by atoms with E-state index in [1.807, 2.05) is 10.4 Å². The molecule has 1 saturated heterocycles. The number of aliphatic imine (C=N–C) groups is 1. The molecule has 1 aliphatic carbocycles. The van der Waals surface area contributed by atoms with Crippen molar-refractivity contribution in [1.82, 2.24) is 9.29 Å². The molecule has 0 radical (unpaired) electrons. The Morgan fingerprint density at radius 2 is 1.92 bits per heavy atom. The molecule has 38 heavy (non-hydrogen) atoms. The number of nitrogens with two attached hydrogens (primary N) is 1. The van der Waals surface area contributed by atoms with Gasteiger partial charge in [0.2, 0.25) is 5.91 Å². The number of hydrogen-bond acceptors (Lipinski definition) is 8. The first kappa shape index (κ1) is 26.4. The maximum Gasteiger partial charge on any atom is 0.238 e. The zero-order chi connectivity index (χ0) is 27.2. The molecule has 1 atom stereocenters. The van der Waals surface area contributed by atoms with Gasteiger partial charge in [-0.3, -0.25) is 14.8 Å². The lowest BCUT2D eigenvalue weighted by Crippen LogP contribution is -2.50. The molecule has 2 fully saturated rings. The van der Waals surface area contributed by atoms with Crippen molar-refractivity contribution in [3.63, 3.8) is 0 Å². The number of allylic oxidation sites excluding steroid dienone is 1. The van der Waals surface area contributed by atoms with Gasteiger partial charge in [-0.1, -0.05) is 0 Å². The molecule has 202 valence electrons. The molecule has 3 heterocycles. The summed E-state index contributed by atoms with van der Waals surface area (Å²) in [6.07, 6.45) is 7.45. The number of anilines is 1. The number of carbonyl (C=O) groups excluding carboxylic acids is 1. The molecule has 1 unspecified atom stereocenters. The van der Waals surface area contributed by atoms with Crippen LogP contribution in [0.15, 0.2) is 29.5 Å². The number of nitrogens with zero attached hydrogens (tertiary/aromatic N) is 4. The van der Waals surface area contributed by atoms with E-state index in [4.69, 9.17) is 15.2 Å². The van der Waals surface area contributed by atoms with E-state index in [0.29, 0.717) is 42.1 Å². The molecule has 2 aromatic rings. The van der Waals surface area contributed by atoms with Crippen molar-refractivity contribution in [2.75, 3.05) is 45.0 Å². The minimum Gasteiger partial charge on any atom is -0.598 e. The molecule has 1 amide bonds. The average molecular weight is 546 g/mol. The van der Waals surface area contributed by atoms with Crippen LogP contribution in [-0.4, -0.2) is 66.1 Å². The number of fused-ring (bicyclic) bond motifs is 2. The van der Waals surface area contributed by atoms with Crippen LogP contribution in [0.5, 0.6) is 11.5 Å². The predicted molar refractivity (Wildman–Crippen MR) is 140 cm³/mol. The van der Waals surface area contributed by atoms with Crippen molar-refractivity contribution in [2.24, 2.45) is 16.6 Å². The SMILES string of the molecule is COc1cc(OC)c(F)c(N2Cc3cnc(C(C=NCC4CN([S+](C)[O-])C4)=CN)cc3C3(CC3)C2=O)c1F. The highest BCUT2D eigenvalue weighted by molar-refractivity contribution is 7.88. The molecule has 5 rings (SSSR count). The Bertz CT molecular complexity index is 1300. The van der Waals surface area contributed by atoms with Gasteiger partial charge in [0.05, 0.1) is 45.0 Å². The molecule has 1 spiro atoms. The van der Waals surface area contributed by atoms with Crippen LogP contribution in [-0.2, 0) is 28.1 Å². The van der Waals surface area contributed by atoms with Gasteiger partial charge < -0.3 is 24.7 Å². The van der Waals surface area contributed by atoms with Crippen LogP contribution in [0.25, 0.3) is 5.57 Å². The first-order valence-corrected chi connectivity index (χ1v) is 13.7. The molecule has 12 heteroatoms. The molecule has 3 aliphatic rings. The van der Waals surface area contributed by atoms with Gasteiger partial charge in [-0.25, -0.2) is 8.78 Å². The van der Waals surface area contributed by atoms with Gasteiger partial charge in [0.15, 0.2) is 23.1 Å². The minimum atomic E-state index is -0.965. The number of halogens is 2. The van der Waals surface area contributed by atoms with Gasteiger partial charge in [-0.2, -0.15) is 0 Å². The second-order valence-corrected chi connectivity index (χ2v) is 11.1. The van der Waals surface area contributed by atoms with Crippen LogP contribution in [0.4, 0.5) is 14.5 Å². The molecule has 1 aromatic heterocycles. The summed E-state index contributed by atoms with van der Waals surface area (Å²) in [5.74, 6) is -2.42. The molecule has 0 bridgehead atoms. The summed E-state index contributed by atoms with van der Waals surface area (Å²) in [6, 6.07) is 2.94. The number of benzene rings is 1. The van der Waals surface area contributed by atoms with Crippen molar-refractivity contribution in [2.45, 2.75) is 24.8 Å². The molecule has 2 N–H and O–H groups in total. The minimum absolute atomic E-state index is 0.0555. The Hall–Kier alpha value is -3.22. The van der Waals surface area contributed by atoms with Crippen LogP contribution in [0.1, 0.15) is 29.7 Å². The highest BCUT2D eigenvalue weighted by Crippen LogP contribution is 2.55. The summed E-state index contributed by atoms with van der Waals surface area (Å²) in [5, 5.41) is 0. The molecular formula is C26H29F2N5O4S. The zero-order valence-corrected chi connectivity index (χ0v) is 22.2. The monoisotopic (exact) mass is 545 g/mol. The topological polar surface area (TPSA) is 116 Å². The van der Waals surface area contributed by atoms with E-state index in [2.05, 4.69) is 9.98 Å². The van der Waals surface area contributed by atoms with Gasteiger partial charge in [0.25, 0.3) is 0 Å². The molecule has 2 aliphatic heterocycles. The first-order chi connectivity index (χ1) is 18.2. The smallest absolute Gasteiger partial charge is 0.238 e. The van der Waals surface area contributed by atoms with Gasteiger partial charge >= 0.3 is 0 Å². The average Bonchev–Trinajstić information content (AvgIpc) is 3.68. The lowest BCUT2D eigenvalue weighted by atomic mass is 9.86. The largest absolute Gasteiger partial charge is 0.598 e. The lowest BCUT2D eigenvalue weighted by Gasteiger charge is -2.36. The van der Waals surface area contributed by atoms with Gasteiger partial charge in [0, 0.05) is 54.1 Å². The van der Waals surface area contributed by atoms with Crippen LogP contribution < -0.4 is 20.1 Å². The highest BCUT2D eigenvalue weighted by atomic mass is 32.2. The van der Waals surface area contributed by atoms with Crippen LogP contribution >= 0.6 is 0 Å². The fourth-order valence-electron chi connectivity index (χ4n) is 5.07. The first-order valence-electron chi connectivity index (χ1n) is 12.2. The molecule has 1 aromatic carbocycles. The number of hydrogen-bond donors (Lipinski definition) is 1. The van der Waals surface area contributed by atoms with Crippen LogP contribution in [0.3, 0.4) is 0 Å². The van der Waals surface area contributed by atoms with Crippen molar-refractivity contribution >= 4 is 34.7 Å². The lowest BCUT2D eigenvalue weighted by molar-refractivity contribution is -0.121. The number of ether oxygens (including phenoxy) is 2. The molecule has 1 saturated carbocycles. The normalized spacial score (nSPS) is 20.0. The quantitative estimate of drug-likeness (QED) is 0.400. The maximum absolute atomic E-state index is 15.3. The number of amides is 1. The number of carbonyl (C=O) groups is 1. The second kappa shape index (κ2) is 10.2. The third-order valence-electron chi connectivity index (χ3n) is 7.41. The van der Waals surface area contributed by atoms with Crippen molar-refractivity contribution < 1.29 is 27.6 Å². The Balaban J connectivity index is 1.42. The molecule has 9 nitrogen and oxygen atoms in total. The van der Waals surface area contributed by atoms with E-state index >= 15 is 8.78 Å². The van der Waals surface area contributed by atoms with E-state index in [0.717, 1.165) is 29.6 Å². The number of pyridine rings is 1. The Morgan fingerprint density at radius 1 is 1.26 bits per heavy atom. The van der Waals surface area contributed by atoms with E-state index in [-0.39, 0.29) is 24.0 Å². The molecular weight excluding hydrogens is 516 g/mol. The second-order valence-electron chi connectivity index (χ2n) is 9.71. The van der Waals surface area contributed by atoms with Gasteiger partial charge in [0.1, 0.15) is 11.9 Å². The Labute approximate surface area is 222 Å². The number of aromatic nitrogens is 1. The fourth-order valence-corrected chi connectivity index (χ4v) is 5.91. The number of rotatable bonds is 8. The summed E-state index contributed by atoms with van der Waals surface area (Å²) < 4.78 is 54.0. The third-order valence-corrected chi connectivity index (χ3v) is 8.44. The van der Waals surface area contributed by atoms with E-state index in [9.17, 15) is 9.35 Å². The third kappa shape index (κ3) is 4.40. The Morgan fingerprint density at radius 3 is 2.47 bits per heavy atom. The summed E-state index contributed by atoms with van der Waals surface area (Å²) in [5.41, 5.74) is 7.14. The summed E-state index contributed by atoms with van der Waals surface area (Å²) >= 11 is -0.962. The summed E-state index contributed by atoms with van der Waals surface area (Å²) in [7, 11) is 2.53. The van der Waals surface area contributed by atoms with E-state index < -0.39 is 34.1 Å². The van der Waals surface area contributed by atoms with E-state index in [1.165, 1.54) is 20.4 Å². The Kier molecular flexibility index (Phi) is 7.05. The van der Waals surface area contributed by atoms with E-state index in [1.54, 1.807) is 18.7 Å². The fraction of sp³-hybridized carbons (Fsp3) is 0.423. The van der Waals surface area contributed by atoms with Crippen LogP contribution in [0.2, 0.25) is 0 Å². The van der Waals surface area contributed by atoms with Crippen LogP contribution in [0, 0.1) is 17.6 Å². The predicted octanol–water partition coefficient (Wildman–Crippen LogP) is 2.55. The maximum atomic E-state index is 15.3. The summed E-state index contributed by atoms with van der Waals surface area (Å²) in [4.78, 5) is 23.8. The summed E-state index contributed by atoms with van der Waals surface area (Å²) in [6.45, 7) is 2.00. The highest BCUT2D eigenvalue weighted by Gasteiger charge is 2.57. The van der Waals surface area contributed by atoms with Crippen molar-refractivity contribution in [3.05, 3.63) is 53.0 Å². The standard InChI is InChI=1S/C26H29F2N5O4S/c1-36-20-7-21(37-2)23(28)24(22(20)27)33-14-17-11-31-19(6-18(17)26(4-5-26)25(33)34)16(8-29)10-30-9-15-12-32(13-15)38(3)35/h6-8,10-11,15H,4-5,9,12-14,29H2,1-3H3. The van der Waals surface area contributed by atoms with Gasteiger partial charge in [-0.15, -0.1) is 4.31 Å². The zero-order valence-electron chi connectivity index (χ0n) is 21.4. The number of methoxy groups -OCH3 is 2.